The van der Waals surface area contributed by atoms with Crippen LogP contribution in [0.25, 0.3) is 0 Å². The molecule has 1 aromatic carbocycles. The van der Waals surface area contributed by atoms with E-state index in [4.69, 9.17) is 0 Å². The Morgan fingerprint density at radius 2 is 1.90 bits per heavy atom. The second kappa shape index (κ2) is 5.70. The highest BCUT2D eigenvalue weighted by Gasteiger charge is 2.28. The zero-order valence-corrected chi connectivity index (χ0v) is 11.5. The lowest BCUT2D eigenvalue weighted by molar-refractivity contribution is -0.387. The van der Waals surface area contributed by atoms with Gasteiger partial charge >= 0.3 is 5.69 Å². The van der Waals surface area contributed by atoms with Gasteiger partial charge in [0.05, 0.1) is 16.7 Å². The van der Waals surface area contributed by atoms with E-state index in [0.29, 0.717) is 19.2 Å². The van der Waals surface area contributed by atoms with Crippen molar-refractivity contribution in [2.75, 3.05) is 38.1 Å². The number of rotatable bonds is 3. The van der Waals surface area contributed by atoms with Gasteiger partial charge < -0.3 is 9.80 Å². The first kappa shape index (κ1) is 14.6. The quantitative estimate of drug-likeness (QED) is 0.631. The SMILES string of the molecule is CCc1c(F)c([N+](=O)[O-])cc(F)c1N1CCN(C)CC1. The molecule has 0 bridgehead atoms. The molecule has 1 heterocycles. The van der Waals surface area contributed by atoms with Crippen LogP contribution < -0.4 is 4.90 Å². The Morgan fingerprint density at radius 1 is 1.30 bits per heavy atom. The summed E-state index contributed by atoms with van der Waals surface area (Å²) >= 11 is 0. The Morgan fingerprint density at radius 3 is 2.40 bits per heavy atom. The smallest absolute Gasteiger partial charge is 0.308 e. The molecule has 0 atom stereocenters. The number of nitrogens with zero attached hydrogens (tertiary/aromatic N) is 3. The molecule has 1 fully saturated rings. The Labute approximate surface area is 115 Å². The summed E-state index contributed by atoms with van der Waals surface area (Å²) < 4.78 is 28.3. The lowest BCUT2D eigenvalue weighted by Crippen LogP contribution is -2.45. The Balaban J connectivity index is 2.47. The summed E-state index contributed by atoms with van der Waals surface area (Å²) in [5.41, 5.74) is -0.540. The van der Waals surface area contributed by atoms with Crippen molar-refractivity contribution >= 4 is 11.4 Å². The monoisotopic (exact) mass is 285 g/mol. The number of hydrogen-bond acceptors (Lipinski definition) is 4. The molecule has 0 saturated carbocycles. The third-order valence-corrected chi connectivity index (χ3v) is 3.64. The second-order valence-corrected chi connectivity index (χ2v) is 4.92. The Kier molecular flexibility index (Phi) is 4.17. The maximum absolute atomic E-state index is 14.2. The molecule has 0 N–H and O–H groups in total. The number of piperazine rings is 1. The van der Waals surface area contributed by atoms with E-state index in [1.165, 1.54) is 0 Å². The van der Waals surface area contributed by atoms with E-state index in [9.17, 15) is 18.9 Å². The zero-order valence-electron chi connectivity index (χ0n) is 11.5. The molecule has 0 radical (unpaired) electrons. The van der Waals surface area contributed by atoms with Gasteiger partial charge in [0.25, 0.3) is 0 Å². The van der Waals surface area contributed by atoms with Crippen molar-refractivity contribution in [1.29, 1.82) is 0 Å². The highest BCUT2D eigenvalue weighted by molar-refractivity contribution is 5.60. The molecule has 20 heavy (non-hydrogen) atoms. The molecular weight excluding hydrogens is 268 g/mol. The maximum atomic E-state index is 14.2. The van der Waals surface area contributed by atoms with Gasteiger partial charge in [0.15, 0.2) is 5.82 Å². The minimum atomic E-state index is -0.923. The number of anilines is 1. The van der Waals surface area contributed by atoms with Crippen LogP contribution >= 0.6 is 0 Å². The summed E-state index contributed by atoms with van der Waals surface area (Å²) in [4.78, 5) is 13.7. The summed E-state index contributed by atoms with van der Waals surface area (Å²) in [7, 11) is 1.96. The highest BCUT2D eigenvalue weighted by Crippen LogP contribution is 2.33. The molecule has 1 aliphatic heterocycles. The average molecular weight is 285 g/mol. The molecule has 0 spiro atoms. The van der Waals surface area contributed by atoms with Crippen molar-refractivity contribution in [3.8, 4) is 0 Å². The van der Waals surface area contributed by atoms with Gasteiger partial charge in [-0.25, -0.2) is 4.39 Å². The molecule has 1 aliphatic rings. The van der Waals surface area contributed by atoms with E-state index in [-0.39, 0.29) is 17.7 Å². The van der Waals surface area contributed by atoms with Crippen LogP contribution in [0.3, 0.4) is 0 Å². The van der Waals surface area contributed by atoms with E-state index in [2.05, 4.69) is 4.90 Å². The first-order valence-electron chi connectivity index (χ1n) is 6.54. The number of nitro benzene ring substituents is 1. The molecule has 1 saturated heterocycles. The van der Waals surface area contributed by atoms with Gasteiger partial charge in [-0.15, -0.1) is 0 Å². The topological polar surface area (TPSA) is 49.6 Å². The third-order valence-electron chi connectivity index (χ3n) is 3.64. The molecule has 0 unspecified atom stereocenters. The summed E-state index contributed by atoms with van der Waals surface area (Å²) in [6.07, 6.45) is 0.214. The highest BCUT2D eigenvalue weighted by atomic mass is 19.1. The van der Waals surface area contributed by atoms with Gasteiger partial charge in [0.1, 0.15) is 0 Å². The third kappa shape index (κ3) is 2.58. The van der Waals surface area contributed by atoms with Crippen molar-refractivity contribution in [2.45, 2.75) is 13.3 Å². The molecule has 0 amide bonds. The van der Waals surface area contributed by atoms with Crippen molar-refractivity contribution in [3.05, 3.63) is 33.4 Å². The first-order chi connectivity index (χ1) is 9.45. The van der Waals surface area contributed by atoms with E-state index < -0.39 is 22.2 Å². The molecule has 0 aliphatic carbocycles. The van der Waals surface area contributed by atoms with Gasteiger partial charge in [-0.3, -0.25) is 10.1 Å². The summed E-state index contributed by atoms with van der Waals surface area (Å²) in [5, 5.41) is 10.8. The summed E-state index contributed by atoms with van der Waals surface area (Å²) in [6.45, 7) is 4.33. The van der Waals surface area contributed by atoms with Crippen LogP contribution in [-0.2, 0) is 6.42 Å². The summed E-state index contributed by atoms with van der Waals surface area (Å²) in [5.74, 6) is -1.65. The van der Waals surface area contributed by atoms with Crippen molar-refractivity contribution in [2.24, 2.45) is 0 Å². The lowest BCUT2D eigenvalue weighted by Gasteiger charge is -2.35. The van der Waals surface area contributed by atoms with Crippen LogP contribution in [0.4, 0.5) is 20.2 Å². The fourth-order valence-corrected chi connectivity index (χ4v) is 2.48. The fraction of sp³-hybridized carbons (Fsp3) is 0.538. The van der Waals surface area contributed by atoms with E-state index >= 15 is 0 Å². The molecule has 2 rings (SSSR count). The standard InChI is InChI=1S/C13H17F2N3O2/c1-3-9-12(15)11(18(19)20)8-10(14)13(9)17-6-4-16(2)5-7-17/h8H,3-7H2,1-2H3. The molecule has 7 heteroatoms. The molecular formula is C13H17F2N3O2. The Hall–Kier alpha value is -1.76. The molecule has 0 aromatic heterocycles. The van der Waals surface area contributed by atoms with Crippen LogP contribution in [0.2, 0.25) is 0 Å². The van der Waals surface area contributed by atoms with Crippen LogP contribution in [0.5, 0.6) is 0 Å². The van der Waals surface area contributed by atoms with Crippen LogP contribution in [0.1, 0.15) is 12.5 Å². The predicted octanol–water partition coefficient (Wildman–Crippen LogP) is 2.19. The van der Waals surface area contributed by atoms with Crippen molar-refractivity contribution < 1.29 is 13.7 Å². The summed E-state index contributed by atoms with van der Waals surface area (Å²) in [6, 6.07) is 0.683. The number of likely N-dealkylation sites (N-methyl/N-ethyl adjacent to an activating group) is 1. The second-order valence-electron chi connectivity index (χ2n) is 4.92. The predicted molar refractivity (Wildman–Crippen MR) is 72.1 cm³/mol. The largest absolute Gasteiger partial charge is 0.366 e. The number of hydrogen-bond donors (Lipinski definition) is 0. The van der Waals surface area contributed by atoms with Crippen molar-refractivity contribution in [1.82, 2.24) is 4.90 Å². The van der Waals surface area contributed by atoms with Crippen molar-refractivity contribution in [3.63, 3.8) is 0 Å². The number of nitro groups is 1. The van der Waals surface area contributed by atoms with E-state index in [1.54, 1.807) is 11.8 Å². The zero-order chi connectivity index (χ0) is 14.9. The molecule has 1 aromatic rings. The van der Waals surface area contributed by atoms with Gasteiger partial charge in [0.2, 0.25) is 5.82 Å². The normalized spacial score (nSPS) is 16.5. The van der Waals surface area contributed by atoms with Gasteiger partial charge in [-0.05, 0) is 13.5 Å². The maximum Gasteiger partial charge on any atom is 0.308 e. The van der Waals surface area contributed by atoms with E-state index in [0.717, 1.165) is 13.1 Å². The van der Waals surface area contributed by atoms with Crippen LogP contribution in [0.15, 0.2) is 6.07 Å². The fourth-order valence-electron chi connectivity index (χ4n) is 2.48. The van der Waals surface area contributed by atoms with E-state index in [1.807, 2.05) is 7.05 Å². The Bertz CT molecular complexity index is 529. The van der Waals surface area contributed by atoms with Crippen LogP contribution in [0, 0.1) is 21.7 Å². The average Bonchev–Trinajstić information content (AvgIpc) is 2.41. The van der Waals surface area contributed by atoms with Gasteiger partial charge in [0, 0.05) is 31.7 Å². The lowest BCUT2D eigenvalue weighted by atomic mass is 10.1. The molecule has 5 nitrogen and oxygen atoms in total. The first-order valence-corrected chi connectivity index (χ1v) is 6.54. The number of halogens is 2. The number of benzene rings is 1. The molecule has 110 valence electrons. The minimum Gasteiger partial charge on any atom is -0.366 e. The van der Waals surface area contributed by atoms with Gasteiger partial charge in [-0.2, -0.15) is 4.39 Å². The van der Waals surface area contributed by atoms with Gasteiger partial charge in [-0.1, -0.05) is 6.92 Å². The minimum absolute atomic E-state index is 0.0845. The van der Waals surface area contributed by atoms with Crippen LogP contribution in [-0.4, -0.2) is 43.0 Å².